The number of allylic oxidation sites excluding steroid dienone is 2. The number of rotatable bonds is 8. The van der Waals surface area contributed by atoms with E-state index in [2.05, 4.69) is 41.4 Å². The number of amides is 1. The number of carbonyl (C=O) groups excluding carboxylic acids is 2. The summed E-state index contributed by atoms with van der Waals surface area (Å²) >= 11 is 0. The quantitative estimate of drug-likeness (QED) is 0.199. The number of hydrazone groups is 1. The summed E-state index contributed by atoms with van der Waals surface area (Å²) in [7, 11) is 1.65. The lowest BCUT2D eigenvalue weighted by Gasteiger charge is -2.30. The second kappa shape index (κ2) is 11.1. The van der Waals surface area contributed by atoms with Gasteiger partial charge in [-0.05, 0) is 73.9 Å². The summed E-state index contributed by atoms with van der Waals surface area (Å²) < 4.78 is 11.1. The van der Waals surface area contributed by atoms with E-state index in [4.69, 9.17) is 9.47 Å². The molecular weight excluding hydrogens is 466 g/mol. The van der Waals surface area contributed by atoms with Crippen molar-refractivity contribution in [3.05, 3.63) is 101 Å². The Balaban J connectivity index is 1.73. The minimum atomic E-state index is -0.494. The maximum Gasteiger partial charge on any atom is 0.308 e. The molecule has 7 nitrogen and oxygen atoms in total. The molecule has 1 aliphatic heterocycles. The Hall–Kier alpha value is -4.39. The molecule has 3 aromatic carbocycles. The van der Waals surface area contributed by atoms with Crippen LogP contribution in [0.5, 0.6) is 11.5 Å². The van der Waals surface area contributed by atoms with Gasteiger partial charge in [-0.15, -0.1) is 0 Å². The third-order valence-corrected chi connectivity index (χ3v) is 6.54. The fraction of sp³-hybridized carbons (Fsp3) is 0.233. The molecule has 1 heterocycles. The van der Waals surface area contributed by atoms with Crippen molar-refractivity contribution in [2.24, 2.45) is 5.10 Å². The van der Waals surface area contributed by atoms with E-state index in [1.807, 2.05) is 54.6 Å². The lowest BCUT2D eigenvalue weighted by atomic mass is 9.76. The second-order valence-corrected chi connectivity index (χ2v) is 8.97. The van der Waals surface area contributed by atoms with Gasteiger partial charge in [0.1, 0.15) is 11.5 Å². The topological polar surface area (TPSA) is 80.2 Å². The molecule has 0 aromatic heterocycles. The number of benzene rings is 3. The monoisotopic (exact) mass is 497 g/mol. The molecule has 37 heavy (non-hydrogen) atoms. The Morgan fingerprint density at radius 2 is 1.78 bits per heavy atom. The van der Waals surface area contributed by atoms with E-state index in [1.54, 1.807) is 25.5 Å². The fourth-order valence-corrected chi connectivity index (χ4v) is 4.83. The van der Waals surface area contributed by atoms with E-state index in [9.17, 15) is 9.59 Å². The van der Waals surface area contributed by atoms with Crippen LogP contribution in [0, 0.1) is 0 Å². The van der Waals surface area contributed by atoms with Gasteiger partial charge in [-0.1, -0.05) is 36.4 Å². The lowest BCUT2D eigenvalue weighted by molar-refractivity contribution is -0.131. The molecule has 1 N–H and O–H groups in total. The van der Waals surface area contributed by atoms with Gasteiger partial charge in [0.25, 0.3) is 5.91 Å². The average Bonchev–Trinajstić information content (AvgIpc) is 3.14. The molecule has 0 saturated carbocycles. The number of fused-ring (bicyclic) bond motifs is 1. The smallest absolute Gasteiger partial charge is 0.308 e. The fourth-order valence-electron chi connectivity index (χ4n) is 4.83. The number of esters is 1. The molecular formula is C30H31N3O4. The number of likely N-dealkylation sites (N-methyl/N-ethyl adjacent to an activating group) is 1. The van der Waals surface area contributed by atoms with Gasteiger partial charge >= 0.3 is 5.97 Å². The number of carbonyl (C=O) groups is 2. The van der Waals surface area contributed by atoms with Crippen LogP contribution in [0.1, 0.15) is 42.3 Å². The molecule has 0 radical (unpaired) electrons. The van der Waals surface area contributed by atoms with E-state index < -0.39 is 5.41 Å². The van der Waals surface area contributed by atoms with E-state index in [0.717, 1.165) is 34.8 Å². The molecule has 0 fully saturated rings. The highest BCUT2D eigenvalue weighted by atomic mass is 16.5. The van der Waals surface area contributed by atoms with Crippen LogP contribution in [0.4, 0.5) is 5.69 Å². The van der Waals surface area contributed by atoms with Crippen LogP contribution in [0.2, 0.25) is 0 Å². The van der Waals surface area contributed by atoms with E-state index in [-0.39, 0.29) is 11.9 Å². The van der Waals surface area contributed by atoms with Gasteiger partial charge < -0.3 is 14.4 Å². The van der Waals surface area contributed by atoms with Crippen LogP contribution in [-0.2, 0) is 16.6 Å². The van der Waals surface area contributed by atoms with E-state index >= 15 is 0 Å². The second-order valence-electron chi connectivity index (χ2n) is 8.97. The van der Waals surface area contributed by atoms with E-state index in [1.165, 1.54) is 6.92 Å². The molecule has 190 valence electrons. The predicted octanol–water partition coefficient (Wildman–Crippen LogP) is 5.26. The SMILES string of the molecule is CCN1/C(=C\C=N\NC(=O)c2ccccc2)C(C)(Cc2ccccc2OC(C)=O)c2cc(OC)ccc21. The Labute approximate surface area is 217 Å². The number of hydrogen-bond donors (Lipinski definition) is 1. The van der Waals surface area contributed by atoms with Crippen LogP contribution in [-0.4, -0.2) is 31.7 Å². The molecule has 1 atom stereocenters. The highest BCUT2D eigenvalue weighted by Crippen LogP contribution is 2.51. The number of ether oxygens (including phenoxy) is 2. The molecule has 0 saturated heterocycles. The maximum atomic E-state index is 12.4. The average molecular weight is 498 g/mol. The summed E-state index contributed by atoms with van der Waals surface area (Å²) in [5.74, 6) is 0.663. The van der Waals surface area contributed by atoms with Crippen LogP contribution < -0.4 is 19.8 Å². The zero-order valence-corrected chi connectivity index (χ0v) is 21.5. The maximum absolute atomic E-state index is 12.4. The molecule has 0 aliphatic carbocycles. The summed E-state index contributed by atoms with van der Waals surface area (Å²) in [5, 5.41) is 4.18. The van der Waals surface area contributed by atoms with E-state index in [0.29, 0.717) is 17.7 Å². The molecule has 0 spiro atoms. The summed E-state index contributed by atoms with van der Waals surface area (Å²) in [6.45, 7) is 6.39. The van der Waals surface area contributed by atoms with Crippen LogP contribution >= 0.6 is 0 Å². The number of para-hydroxylation sites is 1. The normalized spacial score (nSPS) is 17.6. The predicted molar refractivity (Wildman–Crippen MR) is 145 cm³/mol. The minimum absolute atomic E-state index is 0.278. The number of methoxy groups -OCH3 is 1. The molecule has 1 amide bonds. The Morgan fingerprint density at radius 1 is 1.05 bits per heavy atom. The van der Waals surface area contributed by atoms with Gasteiger partial charge in [0.2, 0.25) is 0 Å². The number of anilines is 1. The summed E-state index contributed by atoms with van der Waals surface area (Å²) in [6.07, 6.45) is 4.11. The lowest BCUT2D eigenvalue weighted by Crippen LogP contribution is -2.31. The van der Waals surface area contributed by atoms with Gasteiger partial charge in [-0.25, -0.2) is 5.43 Å². The third kappa shape index (κ3) is 5.40. The molecule has 1 unspecified atom stereocenters. The standard InChI is InChI=1S/C30H31N3O4/c1-5-33-26-16-15-24(36-4)19-25(26)30(3,20-23-13-9-10-14-27(23)37-21(2)34)28(33)17-18-31-32-29(35)22-11-7-6-8-12-22/h6-19H,5,20H2,1-4H3,(H,32,35)/b28-17-,31-18+. The first kappa shape index (κ1) is 25.7. The molecule has 7 heteroatoms. The van der Waals surface area contributed by atoms with Crippen molar-refractivity contribution in [1.82, 2.24) is 5.43 Å². The van der Waals surface area contributed by atoms with Crippen molar-refractivity contribution >= 4 is 23.8 Å². The van der Waals surface area contributed by atoms with Gasteiger partial charge in [-0.3, -0.25) is 9.59 Å². The zero-order chi connectivity index (χ0) is 26.4. The zero-order valence-electron chi connectivity index (χ0n) is 21.5. The van der Waals surface area contributed by atoms with Crippen LogP contribution in [0.3, 0.4) is 0 Å². The highest BCUT2D eigenvalue weighted by Gasteiger charge is 2.43. The van der Waals surface area contributed by atoms with Gasteiger partial charge in [0.05, 0.1) is 7.11 Å². The first-order valence-corrected chi connectivity index (χ1v) is 12.2. The number of nitrogens with one attached hydrogen (secondary N) is 1. The minimum Gasteiger partial charge on any atom is -0.497 e. The van der Waals surface area contributed by atoms with Crippen molar-refractivity contribution < 1.29 is 19.1 Å². The third-order valence-electron chi connectivity index (χ3n) is 6.54. The first-order valence-electron chi connectivity index (χ1n) is 12.2. The van der Waals surface area contributed by atoms with Crippen molar-refractivity contribution in [1.29, 1.82) is 0 Å². The Kier molecular flexibility index (Phi) is 7.72. The number of nitrogens with zero attached hydrogens (tertiary/aromatic N) is 2. The Bertz CT molecular complexity index is 1350. The van der Waals surface area contributed by atoms with Crippen molar-refractivity contribution in [2.75, 3.05) is 18.6 Å². The van der Waals surface area contributed by atoms with Crippen molar-refractivity contribution in [3.8, 4) is 11.5 Å². The van der Waals surface area contributed by atoms with Gasteiger partial charge in [-0.2, -0.15) is 5.10 Å². The highest BCUT2D eigenvalue weighted by molar-refractivity contribution is 5.94. The molecule has 4 rings (SSSR count). The first-order chi connectivity index (χ1) is 17.9. The van der Waals surface area contributed by atoms with Crippen molar-refractivity contribution in [3.63, 3.8) is 0 Å². The van der Waals surface area contributed by atoms with Gasteiger partial charge in [0, 0.05) is 42.0 Å². The summed E-state index contributed by atoms with van der Waals surface area (Å²) in [6, 6.07) is 22.6. The van der Waals surface area contributed by atoms with Crippen LogP contribution in [0.15, 0.2) is 89.7 Å². The summed E-state index contributed by atoms with van der Waals surface area (Å²) in [5.41, 5.74) is 6.72. The molecule has 1 aliphatic rings. The van der Waals surface area contributed by atoms with Crippen LogP contribution in [0.25, 0.3) is 0 Å². The number of hydrogen-bond acceptors (Lipinski definition) is 6. The molecule has 3 aromatic rings. The summed E-state index contributed by atoms with van der Waals surface area (Å²) in [4.78, 5) is 26.4. The molecule has 0 bridgehead atoms. The Morgan fingerprint density at radius 3 is 2.49 bits per heavy atom. The largest absolute Gasteiger partial charge is 0.497 e. The van der Waals surface area contributed by atoms with Crippen molar-refractivity contribution in [2.45, 2.75) is 32.6 Å². The van der Waals surface area contributed by atoms with Gasteiger partial charge in [0.15, 0.2) is 0 Å².